The van der Waals surface area contributed by atoms with Crippen LogP contribution in [0.25, 0.3) is 0 Å². The van der Waals surface area contributed by atoms with E-state index >= 15 is 0 Å². The molecule has 0 spiro atoms. The van der Waals surface area contributed by atoms with Crippen molar-refractivity contribution in [3.8, 4) is 0 Å². The first kappa shape index (κ1) is 26.4. The van der Waals surface area contributed by atoms with Crippen LogP contribution in [0.3, 0.4) is 0 Å². The van der Waals surface area contributed by atoms with Gasteiger partial charge in [-0.3, -0.25) is 0 Å². The summed E-state index contributed by atoms with van der Waals surface area (Å²) in [6, 6.07) is 0. The van der Waals surface area contributed by atoms with Crippen molar-refractivity contribution in [3.63, 3.8) is 0 Å². The predicted molar refractivity (Wildman–Crippen MR) is 120 cm³/mol. The van der Waals surface area contributed by atoms with Gasteiger partial charge in [0, 0.05) is 0 Å². The summed E-state index contributed by atoms with van der Waals surface area (Å²) in [5.74, 6) is 0. The summed E-state index contributed by atoms with van der Waals surface area (Å²) in [6.45, 7) is 4.60. The minimum absolute atomic E-state index is 0. The quantitative estimate of drug-likeness (QED) is 0.154. The van der Waals surface area contributed by atoms with Crippen LogP contribution in [0, 0.1) is 0 Å². The van der Waals surface area contributed by atoms with Gasteiger partial charge in [-0.15, -0.1) is 0 Å². The van der Waals surface area contributed by atoms with E-state index in [0.717, 1.165) is 0 Å². The molecule has 0 amide bonds. The second kappa shape index (κ2) is 25.5. The zero-order valence-electron chi connectivity index (χ0n) is 16.8. The van der Waals surface area contributed by atoms with E-state index in [1.165, 1.54) is 135 Å². The Morgan fingerprint density at radius 1 is 0.250 bits per heavy atom. The fourth-order valence-corrected chi connectivity index (χ4v) is 3.51. The van der Waals surface area contributed by atoms with E-state index in [4.69, 9.17) is 0 Å². The van der Waals surface area contributed by atoms with E-state index < -0.39 is 0 Å². The number of hydrogen-bond donors (Lipinski definition) is 0. The molecule has 0 aliphatic carbocycles. The highest BCUT2D eigenvalue weighted by Crippen LogP contribution is 2.14. The van der Waals surface area contributed by atoms with Crippen LogP contribution in [-0.2, 0) is 0 Å². The van der Waals surface area contributed by atoms with Crippen LogP contribution >= 0.6 is 0 Å². The fraction of sp³-hybridized carbons (Fsp3) is 1.00. The summed E-state index contributed by atoms with van der Waals surface area (Å²) < 4.78 is 0. The van der Waals surface area contributed by atoms with Crippen LogP contribution in [0.15, 0.2) is 0 Å². The van der Waals surface area contributed by atoms with Crippen molar-refractivity contribution in [1.29, 1.82) is 0 Å². The molecule has 0 aromatic rings. The largest absolute Gasteiger partial charge is 0.0654 e. The lowest BCUT2D eigenvalue weighted by Crippen LogP contribution is -1.84. The first-order chi connectivity index (χ1) is 11.4. The van der Waals surface area contributed by atoms with Crippen molar-refractivity contribution in [2.24, 2.45) is 0 Å². The number of unbranched alkanes of at least 4 members (excludes halogenated alkanes) is 20. The van der Waals surface area contributed by atoms with E-state index in [9.17, 15) is 0 Å². The zero-order chi connectivity index (χ0) is 16.8. The third-order valence-electron chi connectivity index (χ3n) is 5.21. The van der Waals surface area contributed by atoms with E-state index in [-0.39, 0.29) is 11.0 Å². The minimum atomic E-state index is 0. The van der Waals surface area contributed by atoms with Crippen LogP contribution in [0.5, 0.6) is 0 Å². The highest BCUT2D eigenvalue weighted by Gasteiger charge is 1.95. The van der Waals surface area contributed by atoms with E-state index in [1.54, 1.807) is 0 Å². The van der Waals surface area contributed by atoms with Crippen molar-refractivity contribution < 1.29 is 0 Å². The van der Waals surface area contributed by atoms with E-state index in [1.807, 2.05) is 0 Å². The Kier molecular flexibility index (Phi) is 28.1. The lowest BCUT2D eigenvalue weighted by molar-refractivity contribution is 0.521. The Balaban J connectivity index is 0. The van der Waals surface area contributed by atoms with Gasteiger partial charge in [0.05, 0.1) is 0 Å². The van der Waals surface area contributed by atoms with Gasteiger partial charge in [-0.25, -0.2) is 0 Å². The molecule has 0 saturated carbocycles. The Morgan fingerprint density at radius 3 is 0.500 bits per heavy atom. The van der Waals surface area contributed by atoms with Gasteiger partial charge in [0.1, 0.15) is 0 Å². The Hall–Kier alpha value is 0.217. The molecule has 0 nitrogen and oxygen atoms in total. The maximum Gasteiger partial charge on any atom is -0.0149 e. The van der Waals surface area contributed by atoms with Crippen LogP contribution in [0.4, 0.5) is 0 Å². The van der Waals surface area contributed by atoms with Gasteiger partial charge in [-0.05, 0) is 11.0 Å². The third-order valence-corrected chi connectivity index (χ3v) is 5.21. The number of rotatable bonds is 20. The molecule has 0 aromatic carbocycles. The van der Waals surface area contributed by atoms with Crippen LogP contribution < -0.4 is 0 Å². The van der Waals surface area contributed by atoms with Crippen molar-refractivity contribution >= 4 is 11.0 Å². The SMILES string of the molecule is CCCCCCCCCCCCCCCCCCCCCCC.[SiH4]. The highest BCUT2D eigenvalue weighted by molar-refractivity contribution is 5.75. The molecule has 0 fully saturated rings. The lowest BCUT2D eigenvalue weighted by Gasteiger charge is -2.04. The zero-order valence-corrected chi connectivity index (χ0v) is 16.8. The third kappa shape index (κ3) is 24.5. The van der Waals surface area contributed by atoms with Crippen LogP contribution in [-0.4, -0.2) is 11.0 Å². The molecule has 0 unspecified atom stereocenters. The predicted octanol–water partition coefficient (Wildman–Crippen LogP) is 7.77. The van der Waals surface area contributed by atoms with Gasteiger partial charge < -0.3 is 0 Å². The summed E-state index contributed by atoms with van der Waals surface area (Å²) in [5.41, 5.74) is 0. The molecule has 0 aliphatic heterocycles. The molecule has 1 heteroatoms. The summed E-state index contributed by atoms with van der Waals surface area (Å²) in [4.78, 5) is 0. The smallest absolute Gasteiger partial charge is 0.0149 e. The van der Waals surface area contributed by atoms with Gasteiger partial charge in [-0.1, -0.05) is 149 Å². The normalized spacial score (nSPS) is 10.8. The van der Waals surface area contributed by atoms with Gasteiger partial charge in [0.25, 0.3) is 0 Å². The molecule has 0 aliphatic rings. The molecule has 0 bridgehead atoms. The molecule has 0 atom stereocenters. The topological polar surface area (TPSA) is 0 Å². The molecule has 0 aromatic heterocycles. The van der Waals surface area contributed by atoms with Crippen LogP contribution in [0.2, 0.25) is 0 Å². The number of hydrogen-bond acceptors (Lipinski definition) is 0. The molecule has 0 rings (SSSR count). The molecule has 0 radical (unpaired) electrons. The van der Waals surface area contributed by atoms with Gasteiger partial charge in [-0.2, -0.15) is 0 Å². The summed E-state index contributed by atoms with van der Waals surface area (Å²) in [5, 5.41) is 0. The molecule has 0 saturated heterocycles. The molecular formula is C23H52Si. The van der Waals surface area contributed by atoms with Crippen molar-refractivity contribution in [2.45, 2.75) is 149 Å². The molecule has 148 valence electrons. The lowest BCUT2D eigenvalue weighted by atomic mass is 10.0. The van der Waals surface area contributed by atoms with Crippen molar-refractivity contribution in [2.75, 3.05) is 0 Å². The second-order valence-electron chi connectivity index (χ2n) is 7.72. The Bertz CT molecular complexity index is 170. The minimum Gasteiger partial charge on any atom is -0.0654 e. The molecule has 0 heterocycles. The molecular weight excluding hydrogens is 304 g/mol. The van der Waals surface area contributed by atoms with Gasteiger partial charge in [0.2, 0.25) is 0 Å². The van der Waals surface area contributed by atoms with Gasteiger partial charge >= 0.3 is 0 Å². The van der Waals surface area contributed by atoms with Crippen LogP contribution in [0.1, 0.15) is 149 Å². The van der Waals surface area contributed by atoms with Crippen molar-refractivity contribution in [3.05, 3.63) is 0 Å². The highest BCUT2D eigenvalue weighted by atomic mass is 28.1. The maximum absolute atomic E-state index is 2.30. The average molecular weight is 357 g/mol. The summed E-state index contributed by atoms with van der Waals surface area (Å²) in [6.07, 6.45) is 30.9. The maximum atomic E-state index is 2.30. The first-order valence-electron chi connectivity index (χ1n) is 11.4. The Labute approximate surface area is 160 Å². The molecule has 24 heavy (non-hydrogen) atoms. The Morgan fingerprint density at radius 2 is 0.375 bits per heavy atom. The van der Waals surface area contributed by atoms with Crippen molar-refractivity contribution in [1.82, 2.24) is 0 Å². The first-order valence-corrected chi connectivity index (χ1v) is 11.4. The average Bonchev–Trinajstić information content (AvgIpc) is 2.57. The van der Waals surface area contributed by atoms with Gasteiger partial charge in [0.15, 0.2) is 0 Å². The monoisotopic (exact) mass is 356 g/mol. The summed E-state index contributed by atoms with van der Waals surface area (Å²) >= 11 is 0. The molecule has 0 N–H and O–H groups in total. The standard InChI is InChI=1S/C23H48.H4Si/c1-3-5-7-9-11-13-15-17-19-21-23-22-20-18-16-14-12-10-8-6-4-2;/h3-23H2,1-2H3;1H4. The van der Waals surface area contributed by atoms with E-state index in [2.05, 4.69) is 13.8 Å². The second-order valence-corrected chi connectivity index (χ2v) is 7.72. The summed E-state index contributed by atoms with van der Waals surface area (Å²) in [7, 11) is 0. The van der Waals surface area contributed by atoms with E-state index in [0.29, 0.717) is 0 Å². The fourth-order valence-electron chi connectivity index (χ4n) is 3.51.